The lowest BCUT2D eigenvalue weighted by molar-refractivity contribution is -0.131. The molecule has 1 aliphatic rings. The van der Waals surface area contributed by atoms with Gasteiger partial charge in [0.2, 0.25) is 17.7 Å². The average Bonchev–Trinajstić information content (AvgIpc) is 2.95. The molecule has 2 aromatic rings. The first-order chi connectivity index (χ1) is 19.6. The number of aliphatic hydroxyl groups excluding tert-OH is 1. The van der Waals surface area contributed by atoms with E-state index in [0.29, 0.717) is 25.1 Å². The topological polar surface area (TPSA) is 139 Å². The molecule has 0 radical (unpaired) electrons. The van der Waals surface area contributed by atoms with Crippen molar-refractivity contribution in [2.75, 3.05) is 13.1 Å². The molecule has 1 aliphatic carbocycles. The summed E-state index contributed by atoms with van der Waals surface area (Å²) in [7, 11) is 0. The predicted octanol–water partition coefficient (Wildman–Crippen LogP) is 3.76. The lowest BCUT2D eigenvalue weighted by atomic mass is 9.70. The fourth-order valence-corrected chi connectivity index (χ4v) is 5.67. The molecule has 9 heteroatoms. The van der Waals surface area contributed by atoms with Gasteiger partial charge in [0.25, 0.3) is 0 Å². The van der Waals surface area contributed by atoms with Gasteiger partial charge in [0.05, 0.1) is 11.5 Å². The van der Waals surface area contributed by atoms with Crippen molar-refractivity contribution >= 4 is 33.7 Å². The molecule has 2 aromatic carbocycles. The summed E-state index contributed by atoms with van der Waals surface area (Å²) in [5, 5.41) is 14.3. The van der Waals surface area contributed by atoms with Gasteiger partial charge in [-0.25, -0.2) is 0 Å². The molecule has 6 N–H and O–H groups in total. The molecular weight excluding hydrogens is 584 g/mol. The van der Waals surface area contributed by atoms with E-state index in [1.165, 1.54) is 12.2 Å². The third kappa shape index (κ3) is 8.86. The SMILES string of the molecule is CCCN(CCC)C(=O)C1=CC(C(N)=O)=CC(C[C@@H](O)[C@@H](N)Cc2cccc(Br)c2)(C(=O)NCc2ccccc2)C1. The summed E-state index contributed by atoms with van der Waals surface area (Å²) in [6.45, 7) is 5.32. The largest absolute Gasteiger partial charge is 0.391 e. The molecule has 0 aliphatic heterocycles. The van der Waals surface area contributed by atoms with Gasteiger partial charge in [0.1, 0.15) is 0 Å². The van der Waals surface area contributed by atoms with Crippen LogP contribution in [0.4, 0.5) is 0 Å². The summed E-state index contributed by atoms with van der Waals surface area (Å²) >= 11 is 3.46. The number of nitrogens with one attached hydrogen (secondary N) is 1. The van der Waals surface area contributed by atoms with Crippen molar-refractivity contribution < 1.29 is 19.5 Å². The molecule has 1 unspecified atom stereocenters. The first kappa shape index (κ1) is 32.2. The summed E-state index contributed by atoms with van der Waals surface area (Å²) in [4.78, 5) is 41.9. The number of nitrogens with two attached hydrogens (primary N) is 2. The molecule has 0 heterocycles. The molecule has 0 bridgehead atoms. The Labute approximate surface area is 251 Å². The van der Waals surface area contributed by atoms with Gasteiger partial charge < -0.3 is 26.8 Å². The molecule has 8 nitrogen and oxygen atoms in total. The second-order valence-electron chi connectivity index (χ2n) is 10.7. The molecule has 3 rings (SSSR count). The van der Waals surface area contributed by atoms with Crippen molar-refractivity contribution in [2.24, 2.45) is 16.9 Å². The Morgan fingerprint density at radius 3 is 2.32 bits per heavy atom. The van der Waals surface area contributed by atoms with Crippen LogP contribution >= 0.6 is 15.9 Å². The summed E-state index contributed by atoms with van der Waals surface area (Å²) < 4.78 is 0.895. The van der Waals surface area contributed by atoms with Gasteiger partial charge in [-0.1, -0.05) is 78.3 Å². The molecule has 0 saturated carbocycles. The van der Waals surface area contributed by atoms with Crippen LogP contribution in [0.5, 0.6) is 0 Å². The predicted molar refractivity (Wildman–Crippen MR) is 164 cm³/mol. The van der Waals surface area contributed by atoms with Crippen LogP contribution in [0, 0.1) is 5.41 Å². The zero-order chi connectivity index (χ0) is 30.0. The number of carbonyl (C=O) groups excluding carboxylic acids is 3. The summed E-state index contributed by atoms with van der Waals surface area (Å²) in [5.41, 5.74) is 12.9. The first-order valence-electron chi connectivity index (χ1n) is 14.1. The van der Waals surface area contributed by atoms with Crippen LogP contribution in [0.25, 0.3) is 0 Å². The van der Waals surface area contributed by atoms with Crippen LogP contribution in [0.1, 0.15) is 50.7 Å². The van der Waals surface area contributed by atoms with E-state index >= 15 is 0 Å². The van der Waals surface area contributed by atoms with Crippen LogP contribution in [-0.4, -0.2) is 53.0 Å². The number of rotatable bonds is 14. The second kappa shape index (κ2) is 15.1. The van der Waals surface area contributed by atoms with E-state index in [9.17, 15) is 19.5 Å². The standard InChI is InChI=1S/C32H41BrN4O4/c1-3-13-37(14-4-2)30(40)25-17-24(29(35)39)18-32(19-25,31(41)36-21-22-9-6-5-7-10-22)20-28(38)27(34)16-23-11-8-12-26(33)15-23/h5-12,15,17-18,27-28,38H,3-4,13-14,16,19-21,34H2,1-2H3,(H2,35,39)(H,36,41)/t27-,28+,32?/m0/s1. The van der Waals surface area contributed by atoms with Crippen molar-refractivity contribution in [1.82, 2.24) is 10.2 Å². The summed E-state index contributed by atoms with van der Waals surface area (Å²) in [6, 6.07) is 16.4. The number of nitrogens with zero attached hydrogens (tertiary/aromatic N) is 1. The molecule has 0 fully saturated rings. The lowest BCUT2D eigenvalue weighted by Gasteiger charge is -2.37. The minimum Gasteiger partial charge on any atom is -0.391 e. The van der Waals surface area contributed by atoms with Gasteiger partial charge in [0.15, 0.2) is 0 Å². The fourth-order valence-electron chi connectivity index (χ4n) is 5.23. The molecule has 3 atom stereocenters. The number of benzene rings is 2. The highest BCUT2D eigenvalue weighted by Crippen LogP contribution is 2.40. The molecule has 0 saturated heterocycles. The maximum atomic E-state index is 14.0. The Morgan fingerprint density at radius 2 is 1.71 bits per heavy atom. The normalized spacial score (nSPS) is 18.1. The maximum absolute atomic E-state index is 14.0. The van der Waals surface area contributed by atoms with Crippen LogP contribution in [0.15, 0.2) is 82.4 Å². The maximum Gasteiger partial charge on any atom is 0.249 e. The molecule has 3 amide bonds. The van der Waals surface area contributed by atoms with Gasteiger partial charge in [-0.05, 0) is 61.4 Å². The Morgan fingerprint density at radius 1 is 1.05 bits per heavy atom. The number of hydrogen-bond donors (Lipinski definition) is 4. The van der Waals surface area contributed by atoms with Crippen molar-refractivity contribution in [3.63, 3.8) is 0 Å². The second-order valence-corrected chi connectivity index (χ2v) is 11.6. The highest BCUT2D eigenvalue weighted by atomic mass is 79.9. The van der Waals surface area contributed by atoms with Crippen molar-refractivity contribution in [1.29, 1.82) is 0 Å². The number of primary amides is 1. The van der Waals surface area contributed by atoms with E-state index in [-0.39, 0.29) is 30.9 Å². The minimum atomic E-state index is -1.42. The molecule has 0 aromatic heterocycles. The Kier molecular flexibility index (Phi) is 11.9. The van der Waals surface area contributed by atoms with Gasteiger partial charge in [-0.3, -0.25) is 14.4 Å². The average molecular weight is 626 g/mol. The van der Waals surface area contributed by atoms with Gasteiger partial charge >= 0.3 is 0 Å². The third-order valence-corrected chi connectivity index (χ3v) is 7.77. The van der Waals surface area contributed by atoms with E-state index < -0.39 is 29.4 Å². The molecule has 0 spiro atoms. The minimum absolute atomic E-state index is 0.00777. The number of aliphatic hydroxyl groups is 1. The van der Waals surface area contributed by atoms with Crippen LogP contribution < -0.4 is 16.8 Å². The van der Waals surface area contributed by atoms with E-state index in [0.717, 1.165) is 28.4 Å². The Balaban J connectivity index is 1.97. The van der Waals surface area contributed by atoms with Crippen LogP contribution in [-0.2, 0) is 27.3 Å². The van der Waals surface area contributed by atoms with E-state index in [2.05, 4.69) is 21.2 Å². The fraction of sp³-hybridized carbons (Fsp3) is 0.406. The van der Waals surface area contributed by atoms with E-state index in [1.54, 1.807) is 4.90 Å². The van der Waals surface area contributed by atoms with Gasteiger partial charge in [-0.2, -0.15) is 0 Å². The number of halogens is 1. The highest BCUT2D eigenvalue weighted by molar-refractivity contribution is 9.10. The summed E-state index contributed by atoms with van der Waals surface area (Å²) in [5.74, 6) is -1.40. The van der Waals surface area contributed by atoms with Crippen molar-refractivity contribution in [3.8, 4) is 0 Å². The zero-order valence-electron chi connectivity index (χ0n) is 23.8. The van der Waals surface area contributed by atoms with Gasteiger partial charge in [-0.15, -0.1) is 0 Å². The quantitative estimate of drug-likeness (QED) is 0.253. The Bertz CT molecular complexity index is 1270. The molecule has 220 valence electrons. The zero-order valence-corrected chi connectivity index (χ0v) is 25.4. The van der Waals surface area contributed by atoms with Crippen molar-refractivity contribution in [3.05, 3.63) is 93.5 Å². The summed E-state index contributed by atoms with van der Waals surface area (Å²) in [6.07, 6.45) is 3.70. The van der Waals surface area contributed by atoms with Crippen LogP contribution in [0.3, 0.4) is 0 Å². The van der Waals surface area contributed by atoms with E-state index in [1.807, 2.05) is 68.4 Å². The van der Waals surface area contributed by atoms with Crippen molar-refractivity contribution in [2.45, 2.75) is 64.6 Å². The number of carbonyl (C=O) groups is 3. The smallest absolute Gasteiger partial charge is 0.249 e. The number of amides is 3. The molecular formula is C32H41BrN4O4. The highest BCUT2D eigenvalue weighted by Gasteiger charge is 2.44. The van der Waals surface area contributed by atoms with Crippen LogP contribution in [0.2, 0.25) is 0 Å². The number of hydrogen-bond acceptors (Lipinski definition) is 5. The monoisotopic (exact) mass is 624 g/mol. The third-order valence-electron chi connectivity index (χ3n) is 7.28. The molecule has 41 heavy (non-hydrogen) atoms. The lowest BCUT2D eigenvalue weighted by Crippen LogP contribution is -2.48. The van der Waals surface area contributed by atoms with E-state index in [4.69, 9.17) is 11.5 Å². The van der Waals surface area contributed by atoms with Gasteiger partial charge in [0, 0.05) is 41.3 Å². The Hall–Kier alpha value is -3.27. The first-order valence-corrected chi connectivity index (χ1v) is 14.9.